The van der Waals surface area contributed by atoms with Gasteiger partial charge in [0, 0.05) is 16.8 Å². The zero-order valence-electron chi connectivity index (χ0n) is 11.4. The molecule has 0 radical (unpaired) electrons. The first-order valence-electron chi connectivity index (χ1n) is 6.41. The lowest BCUT2D eigenvalue weighted by Crippen LogP contribution is -1.92. The van der Waals surface area contributed by atoms with Gasteiger partial charge >= 0.3 is 0 Å². The highest BCUT2D eigenvalue weighted by molar-refractivity contribution is 5.68. The monoisotopic (exact) mass is 265 g/mol. The zero-order valence-corrected chi connectivity index (χ0v) is 11.4. The maximum absolute atomic E-state index is 5.91. The minimum atomic E-state index is 0.492. The van der Waals surface area contributed by atoms with Crippen LogP contribution in [0.25, 0.3) is 22.8 Å². The van der Waals surface area contributed by atoms with E-state index >= 15 is 0 Å². The third-order valence-corrected chi connectivity index (χ3v) is 3.31. The van der Waals surface area contributed by atoms with Gasteiger partial charge in [-0.1, -0.05) is 35.0 Å². The average Bonchev–Trinajstić information content (AvgIpc) is 2.91. The van der Waals surface area contributed by atoms with Gasteiger partial charge in [0.25, 0.3) is 5.89 Å². The van der Waals surface area contributed by atoms with Crippen LogP contribution in [0.4, 0.5) is 5.69 Å². The lowest BCUT2D eigenvalue weighted by molar-refractivity contribution is 0.432. The Labute approximate surface area is 117 Å². The standard InChI is InChI=1S/C16H15N3O/c1-10-5-3-6-12(9-10)15-18-16(20-19-15)13-7-4-8-14(17)11(13)2/h3-9H,17H2,1-2H3. The third kappa shape index (κ3) is 2.16. The predicted molar refractivity (Wildman–Crippen MR) is 79.1 cm³/mol. The van der Waals surface area contributed by atoms with Crippen molar-refractivity contribution >= 4 is 5.69 Å². The molecule has 0 aliphatic heterocycles. The molecule has 4 heteroatoms. The highest BCUT2D eigenvalue weighted by Gasteiger charge is 2.13. The van der Waals surface area contributed by atoms with Crippen LogP contribution in [-0.2, 0) is 0 Å². The summed E-state index contributed by atoms with van der Waals surface area (Å²) in [5, 5.41) is 4.05. The van der Waals surface area contributed by atoms with Gasteiger partial charge < -0.3 is 10.3 Å². The quantitative estimate of drug-likeness (QED) is 0.719. The van der Waals surface area contributed by atoms with Crippen LogP contribution in [-0.4, -0.2) is 10.1 Å². The molecule has 0 spiro atoms. The van der Waals surface area contributed by atoms with Crippen LogP contribution in [0.5, 0.6) is 0 Å². The van der Waals surface area contributed by atoms with Crippen LogP contribution >= 0.6 is 0 Å². The Morgan fingerprint density at radius 3 is 2.65 bits per heavy atom. The van der Waals surface area contributed by atoms with E-state index in [9.17, 15) is 0 Å². The molecule has 0 saturated carbocycles. The molecule has 20 heavy (non-hydrogen) atoms. The fourth-order valence-corrected chi connectivity index (χ4v) is 2.12. The van der Waals surface area contributed by atoms with E-state index in [1.165, 1.54) is 0 Å². The Bertz CT molecular complexity index is 762. The summed E-state index contributed by atoms with van der Waals surface area (Å²) in [6.07, 6.45) is 0. The van der Waals surface area contributed by atoms with E-state index in [1.807, 2.05) is 56.3 Å². The first kappa shape index (κ1) is 12.4. The molecule has 0 saturated heterocycles. The molecular weight excluding hydrogens is 250 g/mol. The summed E-state index contributed by atoms with van der Waals surface area (Å²) in [6, 6.07) is 13.7. The fraction of sp³-hybridized carbons (Fsp3) is 0.125. The van der Waals surface area contributed by atoms with E-state index in [1.54, 1.807) is 0 Å². The molecule has 0 aliphatic rings. The van der Waals surface area contributed by atoms with Gasteiger partial charge in [0.2, 0.25) is 5.82 Å². The van der Waals surface area contributed by atoms with Gasteiger partial charge in [0.15, 0.2) is 0 Å². The van der Waals surface area contributed by atoms with Gasteiger partial charge in [-0.3, -0.25) is 0 Å². The van der Waals surface area contributed by atoms with Crippen molar-refractivity contribution in [2.75, 3.05) is 5.73 Å². The Balaban J connectivity index is 2.04. The molecule has 0 bridgehead atoms. The van der Waals surface area contributed by atoms with Crippen molar-refractivity contribution in [3.63, 3.8) is 0 Å². The molecule has 0 atom stereocenters. The number of hydrogen-bond donors (Lipinski definition) is 1. The maximum Gasteiger partial charge on any atom is 0.258 e. The summed E-state index contributed by atoms with van der Waals surface area (Å²) in [5.74, 6) is 1.08. The lowest BCUT2D eigenvalue weighted by Gasteiger charge is -2.03. The van der Waals surface area contributed by atoms with Crippen molar-refractivity contribution in [3.05, 3.63) is 53.6 Å². The molecule has 4 nitrogen and oxygen atoms in total. The number of aromatic nitrogens is 2. The first-order valence-corrected chi connectivity index (χ1v) is 6.41. The number of aryl methyl sites for hydroxylation is 1. The molecule has 0 fully saturated rings. The number of anilines is 1. The molecule has 2 aromatic carbocycles. The number of hydrogen-bond acceptors (Lipinski definition) is 4. The van der Waals surface area contributed by atoms with E-state index in [-0.39, 0.29) is 0 Å². The van der Waals surface area contributed by atoms with Crippen molar-refractivity contribution in [2.24, 2.45) is 0 Å². The summed E-state index contributed by atoms with van der Waals surface area (Å²) >= 11 is 0. The molecule has 0 unspecified atom stereocenters. The molecule has 0 amide bonds. The molecular formula is C16H15N3O. The minimum Gasteiger partial charge on any atom is -0.398 e. The van der Waals surface area contributed by atoms with Gasteiger partial charge in [-0.2, -0.15) is 4.98 Å². The third-order valence-electron chi connectivity index (χ3n) is 3.31. The number of benzene rings is 2. The predicted octanol–water partition coefficient (Wildman–Crippen LogP) is 3.60. The second-order valence-corrected chi connectivity index (χ2v) is 4.81. The van der Waals surface area contributed by atoms with Crippen molar-refractivity contribution in [1.29, 1.82) is 0 Å². The molecule has 100 valence electrons. The topological polar surface area (TPSA) is 64.9 Å². The van der Waals surface area contributed by atoms with Crippen molar-refractivity contribution in [3.8, 4) is 22.8 Å². The fourth-order valence-electron chi connectivity index (χ4n) is 2.12. The van der Waals surface area contributed by atoms with E-state index in [4.69, 9.17) is 10.3 Å². The summed E-state index contributed by atoms with van der Waals surface area (Å²) in [7, 11) is 0. The lowest BCUT2D eigenvalue weighted by atomic mass is 10.1. The summed E-state index contributed by atoms with van der Waals surface area (Å²) in [5.41, 5.74) is 10.6. The largest absolute Gasteiger partial charge is 0.398 e. The zero-order chi connectivity index (χ0) is 14.1. The smallest absolute Gasteiger partial charge is 0.258 e. The van der Waals surface area contributed by atoms with Crippen molar-refractivity contribution in [1.82, 2.24) is 10.1 Å². The van der Waals surface area contributed by atoms with Crippen LogP contribution < -0.4 is 5.73 Å². The van der Waals surface area contributed by atoms with E-state index < -0.39 is 0 Å². The number of rotatable bonds is 2. The molecule has 1 aromatic heterocycles. The van der Waals surface area contributed by atoms with Gasteiger partial charge in [-0.25, -0.2) is 0 Å². The Hall–Kier alpha value is -2.62. The molecule has 3 aromatic rings. The summed E-state index contributed by atoms with van der Waals surface area (Å²) in [6.45, 7) is 3.98. The average molecular weight is 265 g/mol. The van der Waals surface area contributed by atoms with Crippen LogP contribution in [0.3, 0.4) is 0 Å². The number of nitrogen functional groups attached to an aromatic ring is 1. The Morgan fingerprint density at radius 2 is 1.85 bits per heavy atom. The summed E-state index contributed by atoms with van der Waals surface area (Å²) in [4.78, 5) is 4.46. The minimum absolute atomic E-state index is 0.492. The molecule has 0 aliphatic carbocycles. The Kier molecular flexibility index (Phi) is 2.99. The van der Waals surface area contributed by atoms with E-state index in [2.05, 4.69) is 10.1 Å². The van der Waals surface area contributed by atoms with Crippen LogP contribution in [0.1, 0.15) is 11.1 Å². The van der Waals surface area contributed by atoms with Gasteiger partial charge in [-0.15, -0.1) is 0 Å². The van der Waals surface area contributed by atoms with Crippen LogP contribution in [0.2, 0.25) is 0 Å². The van der Waals surface area contributed by atoms with Crippen molar-refractivity contribution < 1.29 is 4.52 Å². The van der Waals surface area contributed by atoms with Gasteiger partial charge in [0.05, 0.1) is 0 Å². The highest BCUT2D eigenvalue weighted by Crippen LogP contribution is 2.27. The molecule has 3 rings (SSSR count). The van der Waals surface area contributed by atoms with Crippen LogP contribution in [0, 0.1) is 13.8 Å². The second-order valence-electron chi connectivity index (χ2n) is 4.81. The Morgan fingerprint density at radius 1 is 1.05 bits per heavy atom. The molecule has 1 heterocycles. The second kappa shape index (κ2) is 4.81. The number of nitrogens with zero attached hydrogens (tertiary/aromatic N) is 2. The maximum atomic E-state index is 5.91. The van der Waals surface area contributed by atoms with Gasteiger partial charge in [-0.05, 0) is 37.6 Å². The van der Waals surface area contributed by atoms with Gasteiger partial charge in [0.1, 0.15) is 0 Å². The van der Waals surface area contributed by atoms with E-state index in [0.717, 1.165) is 27.9 Å². The number of nitrogens with two attached hydrogens (primary N) is 1. The molecule has 2 N–H and O–H groups in total. The highest BCUT2D eigenvalue weighted by atomic mass is 16.5. The summed E-state index contributed by atoms with van der Waals surface area (Å²) < 4.78 is 5.36. The normalized spacial score (nSPS) is 10.7. The van der Waals surface area contributed by atoms with Crippen LogP contribution in [0.15, 0.2) is 47.0 Å². The van der Waals surface area contributed by atoms with Crippen molar-refractivity contribution in [2.45, 2.75) is 13.8 Å². The first-order chi connectivity index (χ1) is 9.65. The SMILES string of the molecule is Cc1cccc(-c2noc(-c3cccc(N)c3C)n2)c1. The van der Waals surface area contributed by atoms with E-state index in [0.29, 0.717) is 11.7 Å².